The predicted molar refractivity (Wildman–Crippen MR) is 123 cm³/mol. The molecule has 0 spiro atoms. The minimum Gasteiger partial charge on any atom is -0.455 e. The molecule has 4 rings (SSSR count). The topological polar surface area (TPSA) is 75.3 Å². The molecule has 0 saturated heterocycles. The van der Waals surface area contributed by atoms with Gasteiger partial charge < -0.3 is 9.72 Å². The van der Waals surface area contributed by atoms with Crippen molar-refractivity contribution in [1.82, 2.24) is 9.97 Å². The molecule has 7 heteroatoms. The number of nitrogens with zero attached hydrogens (tertiary/aromatic N) is 2. The number of carbonyl (C=O) groups is 2. The molecule has 6 nitrogen and oxygen atoms in total. The lowest BCUT2D eigenvalue weighted by molar-refractivity contribution is -0.115. The third-order valence-electron chi connectivity index (χ3n) is 5.09. The average Bonchev–Trinajstić information content (AvgIpc) is 3.31. The Balaban J connectivity index is 1.53. The van der Waals surface area contributed by atoms with Crippen LogP contribution < -0.4 is 4.90 Å². The van der Waals surface area contributed by atoms with Gasteiger partial charge in [0.25, 0.3) is 0 Å². The molecular formula is C24H23N3O3S. The molecular weight excluding hydrogens is 410 g/mol. The van der Waals surface area contributed by atoms with Gasteiger partial charge in [-0.25, -0.2) is 9.78 Å². The highest BCUT2D eigenvalue weighted by Crippen LogP contribution is 2.32. The Labute approximate surface area is 184 Å². The second-order valence-electron chi connectivity index (χ2n) is 7.51. The Morgan fingerprint density at radius 3 is 2.65 bits per heavy atom. The summed E-state index contributed by atoms with van der Waals surface area (Å²) in [5.41, 5.74) is 5.72. The van der Waals surface area contributed by atoms with Gasteiger partial charge in [-0.3, -0.25) is 9.69 Å². The Bertz CT molecular complexity index is 1290. The number of para-hydroxylation sites is 1. The van der Waals surface area contributed by atoms with Gasteiger partial charge in [0.1, 0.15) is 6.61 Å². The number of anilines is 2. The van der Waals surface area contributed by atoms with Crippen LogP contribution in [0, 0.1) is 20.8 Å². The fraction of sp³-hybridized carbons (Fsp3) is 0.208. The van der Waals surface area contributed by atoms with Gasteiger partial charge in [-0.15, -0.1) is 11.3 Å². The summed E-state index contributed by atoms with van der Waals surface area (Å²) in [6, 6.07) is 13.6. The number of aryl methyl sites for hydroxylation is 3. The SMILES string of the molecule is CC(=O)N(c1nc(COC(=O)c2c(C)[nH]c3ccccc23)cs1)c1ccc(C)cc1C. The summed E-state index contributed by atoms with van der Waals surface area (Å²) < 4.78 is 5.54. The Hall–Kier alpha value is -3.45. The minimum atomic E-state index is -0.401. The van der Waals surface area contributed by atoms with E-state index in [0.717, 1.165) is 33.4 Å². The summed E-state index contributed by atoms with van der Waals surface area (Å²) >= 11 is 1.35. The molecule has 158 valence electrons. The maximum atomic E-state index is 12.7. The number of carbonyl (C=O) groups excluding carboxylic acids is 2. The van der Waals surface area contributed by atoms with Crippen molar-refractivity contribution in [3.05, 3.63) is 75.9 Å². The number of H-pyrrole nitrogens is 1. The van der Waals surface area contributed by atoms with Gasteiger partial charge in [0, 0.05) is 28.9 Å². The fourth-order valence-corrected chi connectivity index (χ4v) is 4.54. The lowest BCUT2D eigenvalue weighted by Crippen LogP contribution is -2.23. The van der Waals surface area contributed by atoms with E-state index in [-0.39, 0.29) is 12.5 Å². The summed E-state index contributed by atoms with van der Waals surface area (Å²) in [5, 5.41) is 3.19. The molecule has 2 aromatic heterocycles. The number of nitrogens with one attached hydrogen (secondary N) is 1. The van der Waals surface area contributed by atoms with Crippen molar-refractivity contribution in [2.75, 3.05) is 4.90 Å². The van der Waals surface area contributed by atoms with Gasteiger partial charge in [0.15, 0.2) is 5.13 Å². The highest BCUT2D eigenvalue weighted by atomic mass is 32.1. The number of aromatic nitrogens is 2. The molecule has 0 radical (unpaired) electrons. The summed E-state index contributed by atoms with van der Waals surface area (Å²) in [6.07, 6.45) is 0. The second kappa shape index (κ2) is 8.35. The number of amides is 1. The van der Waals surface area contributed by atoms with Crippen molar-refractivity contribution in [3.8, 4) is 0 Å². The smallest absolute Gasteiger partial charge is 0.340 e. The van der Waals surface area contributed by atoms with E-state index in [1.807, 2.05) is 68.6 Å². The van der Waals surface area contributed by atoms with Crippen molar-refractivity contribution in [3.63, 3.8) is 0 Å². The first-order valence-corrected chi connectivity index (χ1v) is 10.8. The number of hydrogen-bond acceptors (Lipinski definition) is 5. The largest absolute Gasteiger partial charge is 0.455 e. The normalized spacial score (nSPS) is 11.0. The summed E-state index contributed by atoms with van der Waals surface area (Å²) in [4.78, 5) is 34.5. The second-order valence-corrected chi connectivity index (χ2v) is 8.35. The van der Waals surface area contributed by atoms with Gasteiger partial charge in [0.05, 0.1) is 16.9 Å². The molecule has 0 aliphatic carbocycles. The van der Waals surface area contributed by atoms with E-state index >= 15 is 0 Å². The van der Waals surface area contributed by atoms with Crippen molar-refractivity contribution in [2.45, 2.75) is 34.3 Å². The van der Waals surface area contributed by atoms with Crippen molar-refractivity contribution in [1.29, 1.82) is 0 Å². The summed E-state index contributed by atoms with van der Waals surface area (Å²) in [6.45, 7) is 7.39. The molecule has 0 bridgehead atoms. The van der Waals surface area contributed by atoms with E-state index in [9.17, 15) is 9.59 Å². The predicted octanol–water partition coefficient (Wildman–Crippen LogP) is 5.59. The van der Waals surface area contributed by atoms with E-state index in [1.165, 1.54) is 18.3 Å². The molecule has 0 atom stereocenters. The molecule has 2 aromatic carbocycles. The molecule has 0 fully saturated rings. The van der Waals surface area contributed by atoms with E-state index in [0.29, 0.717) is 16.4 Å². The van der Waals surface area contributed by atoms with E-state index in [1.54, 1.807) is 4.90 Å². The number of aromatic amines is 1. The van der Waals surface area contributed by atoms with Gasteiger partial charge >= 0.3 is 5.97 Å². The molecule has 31 heavy (non-hydrogen) atoms. The molecule has 1 N–H and O–H groups in total. The Kier molecular flexibility index (Phi) is 5.61. The molecule has 0 unspecified atom stereocenters. The van der Waals surface area contributed by atoms with Crippen molar-refractivity contribution >= 4 is 44.9 Å². The Morgan fingerprint density at radius 2 is 1.90 bits per heavy atom. The van der Waals surface area contributed by atoms with Gasteiger partial charge in [-0.05, 0) is 38.5 Å². The van der Waals surface area contributed by atoms with Gasteiger partial charge in [-0.2, -0.15) is 0 Å². The number of thiazole rings is 1. The van der Waals surface area contributed by atoms with Crippen LogP contribution in [0.15, 0.2) is 47.8 Å². The number of hydrogen-bond donors (Lipinski definition) is 1. The zero-order chi connectivity index (χ0) is 22.1. The number of benzene rings is 2. The van der Waals surface area contributed by atoms with E-state index < -0.39 is 5.97 Å². The number of ether oxygens (including phenoxy) is 1. The molecule has 4 aromatic rings. The molecule has 0 aliphatic rings. The molecule has 2 heterocycles. The Morgan fingerprint density at radius 1 is 1.13 bits per heavy atom. The van der Waals surface area contributed by atoms with Crippen LogP contribution in [0.5, 0.6) is 0 Å². The maximum Gasteiger partial charge on any atom is 0.340 e. The lowest BCUT2D eigenvalue weighted by Gasteiger charge is -2.20. The van der Waals surface area contributed by atoms with Crippen LogP contribution in [-0.2, 0) is 16.1 Å². The van der Waals surface area contributed by atoms with Crippen molar-refractivity contribution < 1.29 is 14.3 Å². The molecule has 1 amide bonds. The lowest BCUT2D eigenvalue weighted by atomic mass is 10.1. The van der Waals surface area contributed by atoms with Crippen molar-refractivity contribution in [2.24, 2.45) is 0 Å². The van der Waals surface area contributed by atoms with Crippen LogP contribution in [0.4, 0.5) is 10.8 Å². The summed E-state index contributed by atoms with van der Waals surface area (Å²) in [5.74, 6) is -0.526. The zero-order valence-electron chi connectivity index (χ0n) is 17.9. The van der Waals surface area contributed by atoms with Crippen LogP contribution >= 0.6 is 11.3 Å². The monoisotopic (exact) mass is 433 g/mol. The average molecular weight is 434 g/mol. The minimum absolute atomic E-state index is 0.0346. The van der Waals surface area contributed by atoms with Crippen LogP contribution in [0.3, 0.4) is 0 Å². The first-order chi connectivity index (χ1) is 14.8. The first-order valence-electron chi connectivity index (χ1n) is 9.92. The van der Waals surface area contributed by atoms with E-state index in [2.05, 4.69) is 9.97 Å². The third-order valence-corrected chi connectivity index (χ3v) is 5.96. The quantitative estimate of drug-likeness (QED) is 0.416. The highest BCUT2D eigenvalue weighted by Gasteiger charge is 2.21. The van der Waals surface area contributed by atoms with Gasteiger partial charge in [0.2, 0.25) is 5.91 Å². The highest BCUT2D eigenvalue weighted by molar-refractivity contribution is 7.14. The number of esters is 1. The zero-order valence-corrected chi connectivity index (χ0v) is 18.7. The molecule has 0 saturated carbocycles. The maximum absolute atomic E-state index is 12.7. The standard InChI is InChI=1S/C24H23N3O3S/c1-14-9-10-21(15(2)11-14)27(17(4)28)24-26-18(13-31-24)12-30-23(29)22-16(3)25-20-8-6-5-7-19(20)22/h5-11,13,25H,12H2,1-4H3. The van der Waals surface area contributed by atoms with Crippen LogP contribution in [-0.4, -0.2) is 21.8 Å². The molecule has 0 aliphatic heterocycles. The van der Waals surface area contributed by atoms with Crippen LogP contribution in [0.25, 0.3) is 10.9 Å². The van der Waals surface area contributed by atoms with Crippen LogP contribution in [0.2, 0.25) is 0 Å². The summed E-state index contributed by atoms with van der Waals surface area (Å²) in [7, 11) is 0. The number of rotatable bonds is 5. The first kappa shape index (κ1) is 20.8. The van der Waals surface area contributed by atoms with Crippen LogP contribution in [0.1, 0.15) is 39.8 Å². The number of fused-ring (bicyclic) bond motifs is 1. The third kappa shape index (κ3) is 4.09. The van der Waals surface area contributed by atoms with E-state index in [4.69, 9.17) is 4.74 Å². The fourth-order valence-electron chi connectivity index (χ4n) is 3.68. The van der Waals surface area contributed by atoms with Gasteiger partial charge in [-0.1, -0.05) is 35.9 Å².